The van der Waals surface area contributed by atoms with E-state index in [1.165, 1.54) is 29.9 Å². The molecule has 1 fully saturated rings. The Balaban J connectivity index is 1.80. The highest BCUT2D eigenvalue weighted by atomic mass is 16.2. The number of pyridine rings is 1. The molecule has 0 bridgehead atoms. The number of aromatic nitrogens is 1. The number of rotatable bonds is 4. The van der Waals surface area contributed by atoms with E-state index in [1.807, 2.05) is 6.21 Å². The molecule has 1 heterocycles. The lowest BCUT2D eigenvalue weighted by Crippen LogP contribution is -2.29. The first kappa shape index (κ1) is 13.5. The van der Waals surface area contributed by atoms with Gasteiger partial charge < -0.3 is 4.57 Å². The lowest BCUT2D eigenvalue weighted by atomic mass is 9.90. The fraction of sp³-hybridized carbons (Fsp3) is 0.500. The molecule has 1 aromatic heterocycles. The maximum atomic E-state index is 11.6. The molecule has 1 N–H and O–H groups in total. The van der Waals surface area contributed by atoms with E-state index in [9.17, 15) is 9.59 Å². The van der Waals surface area contributed by atoms with Crippen LogP contribution in [0.5, 0.6) is 0 Å². The first-order valence-electron chi connectivity index (χ1n) is 6.73. The highest BCUT2D eigenvalue weighted by Gasteiger charge is 2.10. The number of nitrogens with zero attached hydrogens (tertiary/aromatic N) is 2. The highest BCUT2D eigenvalue weighted by molar-refractivity contribution is 5.76. The maximum Gasteiger partial charge on any atom is 0.260 e. The van der Waals surface area contributed by atoms with Crippen molar-refractivity contribution in [3.05, 3.63) is 34.7 Å². The average Bonchev–Trinajstić information content (AvgIpc) is 2.43. The summed E-state index contributed by atoms with van der Waals surface area (Å²) in [6, 6.07) is 4.80. The zero-order valence-corrected chi connectivity index (χ0v) is 10.9. The van der Waals surface area contributed by atoms with Gasteiger partial charge in [-0.3, -0.25) is 9.59 Å². The van der Waals surface area contributed by atoms with E-state index in [0.717, 1.165) is 12.8 Å². The molecule has 1 aliphatic carbocycles. The number of nitrogens with one attached hydrogen (secondary N) is 1. The predicted molar refractivity (Wildman–Crippen MR) is 73.9 cm³/mol. The summed E-state index contributed by atoms with van der Waals surface area (Å²) in [5.41, 5.74) is 2.29. The molecule has 0 unspecified atom stereocenters. The Bertz CT molecular complexity index is 501. The van der Waals surface area contributed by atoms with Gasteiger partial charge in [0.25, 0.3) is 11.5 Å². The number of hydrogen-bond donors (Lipinski definition) is 1. The van der Waals surface area contributed by atoms with Gasteiger partial charge >= 0.3 is 0 Å². The minimum Gasteiger partial charge on any atom is -0.306 e. The van der Waals surface area contributed by atoms with Crippen molar-refractivity contribution in [3.63, 3.8) is 0 Å². The lowest BCUT2D eigenvalue weighted by Gasteiger charge is -2.16. The quantitative estimate of drug-likeness (QED) is 0.660. The predicted octanol–water partition coefficient (Wildman–Crippen LogP) is 1.53. The van der Waals surface area contributed by atoms with Crippen LogP contribution in [0.1, 0.15) is 32.1 Å². The van der Waals surface area contributed by atoms with E-state index < -0.39 is 0 Å². The van der Waals surface area contributed by atoms with Gasteiger partial charge in [0.1, 0.15) is 6.54 Å². The maximum absolute atomic E-state index is 11.6. The van der Waals surface area contributed by atoms with Gasteiger partial charge in [-0.25, -0.2) is 5.43 Å². The van der Waals surface area contributed by atoms with E-state index >= 15 is 0 Å². The largest absolute Gasteiger partial charge is 0.306 e. The molecule has 2 rings (SSSR count). The molecule has 0 spiro atoms. The Morgan fingerprint density at radius 2 is 2.16 bits per heavy atom. The summed E-state index contributed by atoms with van der Waals surface area (Å²) >= 11 is 0. The molecule has 5 heteroatoms. The number of carbonyl (C=O) groups excluding carboxylic acids is 1. The van der Waals surface area contributed by atoms with Gasteiger partial charge in [0.2, 0.25) is 0 Å². The molecule has 0 aromatic carbocycles. The summed E-state index contributed by atoms with van der Waals surface area (Å²) in [6.45, 7) is 0.00167. The number of hydrazone groups is 1. The van der Waals surface area contributed by atoms with Crippen LogP contribution in [-0.2, 0) is 11.3 Å². The number of carbonyl (C=O) groups is 1. The average molecular weight is 261 g/mol. The Morgan fingerprint density at radius 3 is 2.89 bits per heavy atom. The van der Waals surface area contributed by atoms with Crippen molar-refractivity contribution in [1.29, 1.82) is 0 Å². The van der Waals surface area contributed by atoms with E-state index in [4.69, 9.17) is 0 Å². The van der Waals surface area contributed by atoms with Crippen LogP contribution in [0.4, 0.5) is 0 Å². The third-order valence-electron chi connectivity index (χ3n) is 3.34. The Kier molecular flexibility index (Phi) is 4.89. The van der Waals surface area contributed by atoms with Crippen molar-refractivity contribution in [2.45, 2.75) is 38.6 Å². The Morgan fingerprint density at radius 1 is 1.37 bits per heavy atom. The van der Waals surface area contributed by atoms with Gasteiger partial charge in [0.15, 0.2) is 0 Å². The number of hydrogen-bond acceptors (Lipinski definition) is 3. The van der Waals surface area contributed by atoms with Crippen LogP contribution in [-0.4, -0.2) is 16.7 Å². The van der Waals surface area contributed by atoms with E-state index in [0.29, 0.717) is 5.92 Å². The van der Waals surface area contributed by atoms with Gasteiger partial charge in [0.05, 0.1) is 0 Å². The van der Waals surface area contributed by atoms with Gasteiger partial charge in [-0.15, -0.1) is 0 Å². The van der Waals surface area contributed by atoms with Crippen LogP contribution in [0.15, 0.2) is 34.3 Å². The highest BCUT2D eigenvalue weighted by Crippen LogP contribution is 2.21. The smallest absolute Gasteiger partial charge is 0.260 e. The van der Waals surface area contributed by atoms with E-state index in [-0.39, 0.29) is 18.0 Å². The van der Waals surface area contributed by atoms with Crippen LogP contribution in [0.3, 0.4) is 0 Å². The third kappa shape index (κ3) is 4.35. The zero-order chi connectivity index (χ0) is 13.5. The molecule has 0 radical (unpaired) electrons. The van der Waals surface area contributed by atoms with Gasteiger partial charge in [-0.05, 0) is 24.8 Å². The van der Waals surface area contributed by atoms with Crippen molar-refractivity contribution in [2.24, 2.45) is 11.0 Å². The van der Waals surface area contributed by atoms with Crippen LogP contribution in [0.25, 0.3) is 0 Å². The van der Waals surface area contributed by atoms with Crippen molar-refractivity contribution >= 4 is 12.1 Å². The molecule has 0 aliphatic heterocycles. The summed E-state index contributed by atoms with van der Waals surface area (Å²) in [7, 11) is 0. The second kappa shape index (κ2) is 6.87. The second-order valence-electron chi connectivity index (χ2n) is 4.88. The molecule has 0 atom stereocenters. The number of amides is 1. The first-order valence-corrected chi connectivity index (χ1v) is 6.73. The monoisotopic (exact) mass is 261 g/mol. The molecule has 102 valence electrons. The summed E-state index contributed by atoms with van der Waals surface area (Å²) in [4.78, 5) is 23.0. The van der Waals surface area contributed by atoms with Crippen molar-refractivity contribution < 1.29 is 4.79 Å². The lowest BCUT2D eigenvalue weighted by molar-refractivity contribution is -0.121. The SMILES string of the molecule is O=C(Cn1ccccc1=O)N/N=C\C1CCCCC1. The summed E-state index contributed by atoms with van der Waals surface area (Å²) in [6.07, 6.45) is 9.49. The van der Waals surface area contributed by atoms with Crippen molar-refractivity contribution in [2.75, 3.05) is 0 Å². The molecular weight excluding hydrogens is 242 g/mol. The van der Waals surface area contributed by atoms with E-state index in [2.05, 4.69) is 10.5 Å². The third-order valence-corrected chi connectivity index (χ3v) is 3.34. The van der Waals surface area contributed by atoms with Gasteiger partial charge in [-0.2, -0.15) is 5.10 Å². The minimum atomic E-state index is -0.277. The first-order chi connectivity index (χ1) is 9.25. The zero-order valence-electron chi connectivity index (χ0n) is 10.9. The van der Waals surface area contributed by atoms with Gasteiger partial charge in [0, 0.05) is 18.5 Å². The molecule has 19 heavy (non-hydrogen) atoms. The molecule has 1 aromatic rings. The summed E-state index contributed by atoms with van der Waals surface area (Å²) in [5.74, 6) is 0.203. The Labute approximate surface area is 112 Å². The van der Waals surface area contributed by atoms with Crippen LogP contribution >= 0.6 is 0 Å². The topological polar surface area (TPSA) is 63.5 Å². The summed E-state index contributed by atoms with van der Waals surface area (Å²) in [5, 5.41) is 3.98. The van der Waals surface area contributed by atoms with Crippen LogP contribution in [0.2, 0.25) is 0 Å². The Hall–Kier alpha value is -1.91. The molecule has 5 nitrogen and oxygen atoms in total. The van der Waals surface area contributed by atoms with Gasteiger partial charge in [-0.1, -0.05) is 25.3 Å². The van der Waals surface area contributed by atoms with Crippen LogP contribution in [0, 0.1) is 5.92 Å². The second-order valence-corrected chi connectivity index (χ2v) is 4.88. The summed E-state index contributed by atoms with van der Waals surface area (Å²) < 4.78 is 1.35. The minimum absolute atomic E-state index is 0.00167. The fourth-order valence-electron chi connectivity index (χ4n) is 2.28. The van der Waals surface area contributed by atoms with E-state index in [1.54, 1.807) is 18.3 Å². The standard InChI is InChI=1S/C14H19N3O2/c18-13(11-17-9-5-4-8-14(17)19)16-15-10-12-6-2-1-3-7-12/h4-5,8-10,12H,1-3,6-7,11H2,(H,16,18)/b15-10-. The normalized spacial score (nSPS) is 16.6. The molecule has 1 aliphatic rings. The molecule has 0 saturated heterocycles. The molecular formula is C14H19N3O2. The molecule has 1 amide bonds. The van der Waals surface area contributed by atoms with Crippen molar-refractivity contribution in [1.82, 2.24) is 9.99 Å². The van der Waals surface area contributed by atoms with Crippen LogP contribution < -0.4 is 11.0 Å². The fourth-order valence-corrected chi connectivity index (χ4v) is 2.28. The van der Waals surface area contributed by atoms with Crippen molar-refractivity contribution in [3.8, 4) is 0 Å². The molecule has 1 saturated carbocycles.